The molecule has 0 aliphatic carbocycles. The molecule has 2 aromatic carbocycles. The Hall–Kier alpha value is -1.74. The maximum absolute atomic E-state index is 13.4. The fourth-order valence-corrected chi connectivity index (χ4v) is 1.93. The van der Waals surface area contributed by atoms with Crippen molar-refractivity contribution < 1.29 is 8.78 Å². The van der Waals surface area contributed by atoms with Crippen molar-refractivity contribution >= 4 is 0 Å². The number of benzene rings is 2. The highest BCUT2D eigenvalue weighted by Crippen LogP contribution is 2.11. The smallest absolute Gasteiger partial charge is 0.127 e. The van der Waals surface area contributed by atoms with Crippen LogP contribution in [0.1, 0.15) is 22.3 Å². The van der Waals surface area contributed by atoms with Gasteiger partial charge in [0.25, 0.3) is 0 Å². The molecule has 19 heavy (non-hydrogen) atoms. The van der Waals surface area contributed by atoms with Gasteiger partial charge >= 0.3 is 0 Å². The van der Waals surface area contributed by atoms with Gasteiger partial charge in [0.2, 0.25) is 0 Å². The molecule has 1 N–H and O–H groups in total. The standard InChI is InChI=1S/C16H17F2N/c1-11-3-4-13(7-12(11)2)9-19-10-14-8-15(17)5-6-16(14)18/h3-8,19H,9-10H2,1-2H3. The molecule has 0 amide bonds. The predicted molar refractivity (Wildman–Crippen MR) is 72.8 cm³/mol. The zero-order chi connectivity index (χ0) is 13.8. The molecule has 0 radical (unpaired) electrons. The Bertz CT molecular complexity index is 579. The number of aryl methyl sites for hydroxylation is 2. The lowest BCUT2D eigenvalue weighted by Gasteiger charge is -2.08. The monoisotopic (exact) mass is 261 g/mol. The van der Waals surface area contributed by atoms with Crippen molar-refractivity contribution in [1.29, 1.82) is 0 Å². The van der Waals surface area contributed by atoms with Crippen molar-refractivity contribution in [2.75, 3.05) is 0 Å². The third-order valence-corrected chi connectivity index (χ3v) is 3.22. The molecule has 0 fully saturated rings. The Morgan fingerprint density at radius 2 is 1.68 bits per heavy atom. The Kier molecular flexibility index (Phi) is 4.27. The minimum Gasteiger partial charge on any atom is -0.309 e. The van der Waals surface area contributed by atoms with E-state index in [0.29, 0.717) is 18.7 Å². The van der Waals surface area contributed by atoms with Crippen molar-refractivity contribution in [3.63, 3.8) is 0 Å². The predicted octanol–water partition coefficient (Wildman–Crippen LogP) is 3.87. The van der Waals surface area contributed by atoms with Crippen LogP contribution in [0.2, 0.25) is 0 Å². The molecule has 2 aromatic rings. The van der Waals surface area contributed by atoms with E-state index in [4.69, 9.17) is 0 Å². The van der Waals surface area contributed by atoms with Gasteiger partial charge in [0.1, 0.15) is 11.6 Å². The second kappa shape index (κ2) is 5.93. The van der Waals surface area contributed by atoms with E-state index < -0.39 is 5.82 Å². The van der Waals surface area contributed by atoms with Gasteiger partial charge in [0, 0.05) is 18.7 Å². The zero-order valence-electron chi connectivity index (χ0n) is 11.1. The van der Waals surface area contributed by atoms with Gasteiger partial charge < -0.3 is 5.32 Å². The number of nitrogens with one attached hydrogen (secondary N) is 1. The van der Waals surface area contributed by atoms with Crippen LogP contribution in [-0.4, -0.2) is 0 Å². The summed E-state index contributed by atoms with van der Waals surface area (Å²) in [5, 5.41) is 3.13. The van der Waals surface area contributed by atoms with Crippen LogP contribution in [-0.2, 0) is 13.1 Å². The first-order valence-corrected chi connectivity index (χ1v) is 6.27. The summed E-state index contributed by atoms with van der Waals surface area (Å²) in [6.07, 6.45) is 0. The molecule has 0 aliphatic heterocycles. The molecule has 0 aromatic heterocycles. The summed E-state index contributed by atoms with van der Waals surface area (Å²) >= 11 is 0. The van der Waals surface area contributed by atoms with Gasteiger partial charge in [-0.2, -0.15) is 0 Å². The Balaban J connectivity index is 1.96. The second-order valence-electron chi connectivity index (χ2n) is 4.76. The van der Waals surface area contributed by atoms with Crippen LogP contribution in [0.15, 0.2) is 36.4 Å². The normalized spacial score (nSPS) is 10.7. The molecular weight excluding hydrogens is 244 g/mol. The summed E-state index contributed by atoms with van der Waals surface area (Å²) in [5.41, 5.74) is 3.97. The van der Waals surface area contributed by atoms with Crippen LogP contribution >= 0.6 is 0 Å². The number of hydrogen-bond acceptors (Lipinski definition) is 1. The van der Waals surface area contributed by atoms with Crippen molar-refractivity contribution in [3.8, 4) is 0 Å². The van der Waals surface area contributed by atoms with Crippen molar-refractivity contribution in [1.82, 2.24) is 5.32 Å². The number of hydrogen-bond donors (Lipinski definition) is 1. The van der Waals surface area contributed by atoms with Gasteiger partial charge in [0.15, 0.2) is 0 Å². The van der Waals surface area contributed by atoms with Crippen molar-refractivity contribution in [2.45, 2.75) is 26.9 Å². The molecule has 2 rings (SSSR count). The molecule has 0 aliphatic rings. The van der Waals surface area contributed by atoms with E-state index in [2.05, 4.69) is 31.3 Å². The molecule has 3 heteroatoms. The van der Waals surface area contributed by atoms with E-state index in [1.807, 2.05) is 6.07 Å². The minimum absolute atomic E-state index is 0.316. The lowest BCUT2D eigenvalue weighted by molar-refractivity contribution is 0.568. The van der Waals surface area contributed by atoms with E-state index in [1.54, 1.807) is 0 Å². The van der Waals surface area contributed by atoms with Crippen LogP contribution < -0.4 is 5.32 Å². The topological polar surface area (TPSA) is 12.0 Å². The maximum Gasteiger partial charge on any atom is 0.127 e. The molecule has 0 spiro atoms. The zero-order valence-corrected chi connectivity index (χ0v) is 11.1. The first kappa shape index (κ1) is 13.7. The summed E-state index contributed by atoms with van der Waals surface area (Å²) in [6.45, 7) is 5.08. The number of halogens is 2. The van der Waals surface area contributed by atoms with Crippen molar-refractivity contribution in [2.24, 2.45) is 0 Å². The van der Waals surface area contributed by atoms with E-state index in [1.165, 1.54) is 17.2 Å². The van der Waals surface area contributed by atoms with Gasteiger partial charge in [-0.1, -0.05) is 18.2 Å². The molecule has 100 valence electrons. The first-order chi connectivity index (χ1) is 9.06. The van der Waals surface area contributed by atoms with E-state index in [0.717, 1.165) is 17.7 Å². The molecule has 0 saturated heterocycles. The summed E-state index contributed by atoms with van der Waals surface area (Å²) < 4.78 is 26.4. The Labute approximate surface area is 112 Å². The fraction of sp³-hybridized carbons (Fsp3) is 0.250. The van der Waals surface area contributed by atoms with Crippen LogP contribution in [0.4, 0.5) is 8.78 Å². The van der Waals surface area contributed by atoms with Gasteiger partial charge in [-0.15, -0.1) is 0 Å². The van der Waals surface area contributed by atoms with E-state index in [-0.39, 0.29) is 5.82 Å². The molecule has 0 heterocycles. The van der Waals surface area contributed by atoms with Gasteiger partial charge in [-0.25, -0.2) is 8.78 Å². The number of rotatable bonds is 4. The molecule has 0 bridgehead atoms. The van der Waals surface area contributed by atoms with Crippen LogP contribution in [0.5, 0.6) is 0 Å². The summed E-state index contributed by atoms with van der Waals surface area (Å²) in [6, 6.07) is 9.71. The van der Waals surface area contributed by atoms with Crippen molar-refractivity contribution in [3.05, 3.63) is 70.3 Å². The van der Waals surface area contributed by atoms with Gasteiger partial charge in [-0.3, -0.25) is 0 Å². The first-order valence-electron chi connectivity index (χ1n) is 6.27. The lowest BCUT2D eigenvalue weighted by Crippen LogP contribution is -2.14. The quantitative estimate of drug-likeness (QED) is 0.881. The molecule has 0 unspecified atom stereocenters. The average molecular weight is 261 g/mol. The minimum atomic E-state index is -0.413. The summed E-state index contributed by atoms with van der Waals surface area (Å²) in [5.74, 6) is -0.793. The molecule has 0 atom stereocenters. The largest absolute Gasteiger partial charge is 0.309 e. The highest BCUT2D eigenvalue weighted by molar-refractivity contribution is 5.29. The Morgan fingerprint density at radius 3 is 2.42 bits per heavy atom. The van der Waals surface area contributed by atoms with E-state index >= 15 is 0 Å². The van der Waals surface area contributed by atoms with Crippen LogP contribution in [0, 0.1) is 25.5 Å². The highest BCUT2D eigenvalue weighted by atomic mass is 19.1. The van der Waals surface area contributed by atoms with Gasteiger partial charge in [-0.05, 0) is 48.7 Å². The summed E-state index contributed by atoms with van der Waals surface area (Å²) in [4.78, 5) is 0. The van der Waals surface area contributed by atoms with Crippen LogP contribution in [0.3, 0.4) is 0 Å². The second-order valence-corrected chi connectivity index (χ2v) is 4.76. The van der Waals surface area contributed by atoms with E-state index in [9.17, 15) is 8.78 Å². The van der Waals surface area contributed by atoms with Gasteiger partial charge in [0.05, 0.1) is 0 Å². The maximum atomic E-state index is 13.4. The molecule has 0 saturated carbocycles. The lowest BCUT2D eigenvalue weighted by atomic mass is 10.1. The molecular formula is C16H17F2N. The molecule has 1 nitrogen and oxygen atoms in total. The van der Waals surface area contributed by atoms with Crippen LogP contribution in [0.25, 0.3) is 0 Å². The third kappa shape index (κ3) is 3.61. The fourth-order valence-electron chi connectivity index (χ4n) is 1.93. The average Bonchev–Trinajstić information content (AvgIpc) is 2.38. The third-order valence-electron chi connectivity index (χ3n) is 3.22. The summed E-state index contributed by atoms with van der Waals surface area (Å²) in [7, 11) is 0. The highest BCUT2D eigenvalue weighted by Gasteiger charge is 2.03. The Morgan fingerprint density at radius 1 is 0.895 bits per heavy atom. The SMILES string of the molecule is Cc1ccc(CNCc2cc(F)ccc2F)cc1C.